The van der Waals surface area contributed by atoms with E-state index in [0.29, 0.717) is 50.8 Å². The third-order valence-electron chi connectivity index (χ3n) is 6.28. The van der Waals surface area contributed by atoms with Gasteiger partial charge in [0.15, 0.2) is 5.76 Å². The van der Waals surface area contributed by atoms with Crippen molar-refractivity contribution < 1.29 is 23.8 Å². The Hall–Kier alpha value is -2.88. The molecule has 2 aliphatic rings. The summed E-state index contributed by atoms with van der Waals surface area (Å²) in [5, 5.41) is 9.40. The number of aromatic nitrogens is 2. The van der Waals surface area contributed by atoms with Crippen LogP contribution in [-0.4, -0.2) is 75.2 Å². The molecule has 0 saturated carbocycles. The van der Waals surface area contributed by atoms with Gasteiger partial charge in [0, 0.05) is 32.8 Å². The molecule has 1 aromatic carbocycles. The lowest BCUT2D eigenvalue weighted by atomic mass is 10.1. The van der Waals surface area contributed by atoms with Gasteiger partial charge in [-0.05, 0) is 36.8 Å². The molecule has 4 heterocycles. The van der Waals surface area contributed by atoms with Gasteiger partial charge in [-0.2, -0.15) is 0 Å². The van der Waals surface area contributed by atoms with Crippen LogP contribution in [-0.2, 0) is 23.7 Å². The molecule has 0 aliphatic carbocycles. The van der Waals surface area contributed by atoms with Crippen LogP contribution in [0.4, 0.5) is 0 Å². The lowest BCUT2D eigenvalue weighted by Crippen LogP contribution is -2.48. The summed E-state index contributed by atoms with van der Waals surface area (Å²) in [7, 11) is 0. The predicted molar refractivity (Wildman–Crippen MR) is 120 cm³/mol. The van der Waals surface area contributed by atoms with Crippen LogP contribution in [0.1, 0.15) is 38.9 Å². The second-order valence-electron chi connectivity index (χ2n) is 8.40. The first-order valence-corrected chi connectivity index (χ1v) is 11.6. The van der Waals surface area contributed by atoms with Crippen LogP contribution in [0.15, 0.2) is 34.7 Å². The topological polar surface area (TPSA) is 101 Å². The van der Waals surface area contributed by atoms with E-state index in [1.54, 1.807) is 35.2 Å². The fourth-order valence-corrected chi connectivity index (χ4v) is 4.44. The minimum absolute atomic E-state index is 0.121. The van der Waals surface area contributed by atoms with Crippen LogP contribution in [0.25, 0.3) is 11.0 Å². The number of imidazole rings is 1. The van der Waals surface area contributed by atoms with Crippen molar-refractivity contribution >= 4 is 34.5 Å². The molecule has 5 rings (SSSR count). The molecule has 1 unspecified atom stereocenters. The van der Waals surface area contributed by atoms with E-state index in [1.807, 2.05) is 0 Å². The zero-order chi connectivity index (χ0) is 22.9. The van der Waals surface area contributed by atoms with Gasteiger partial charge in [0.25, 0.3) is 5.91 Å². The van der Waals surface area contributed by atoms with Gasteiger partial charge in [-0.25, -0.2) is 9.78 Å². The summed E-state index contributed by atoms with van der Waals surface area (Å²) in [6, 6.07) is 8.42. The molecule has 1 N–H and O–H groups in total. The van der Waals surface area contributed by atoms with E-state index in [-0.39, 0.29) is 23.5 Å². The highest BCUT2D eigenvalue weighted by molar-refractivity contribution is 6.16. The van der Waals surface area contributed by atoms with Crippen molar-refractivity contribution in [3.05, 3.63) is 53.2 Å². The standard InChI is InChI=1S/C23H25ClN4O5/c24-12-16-2-4-20(33-16)22(29)27-8-6-26(7-9-27)14-21-25-18-3-1-15(23(30)31)11-19(18)28(21)13-17-5-10-32-17/h1-4,11,17H,5-10,12-14H2,(H,30,31). The zero-order valence-electron chi connectivity index (χ0n) is 18.1. The van der Waals surface area contributed by atoms with Crippen LogP contribution < -0.4 is 0 Å². The van der Waals surface area contributed by atoms with Crippen LogP contribution in [0.2, 0.25) is 0 Å². The third-order valence-corrected chi connectivity index (χ3v) is 6.55. The van der Waals surface area contributed by atoms with Crippen molar-refractivity contribution in [3.8, 4) is 0 Å². The molecule has 3 aromatic rings. The molecule has 10 heteroatoms. The maximum Gasteiger partial charge on any atom is 0.335 e. The Kier molecular flexibility index (Phi) is 6.09. The monoisotopic (exact) mass is 472 g/mol. The third kappa shape index (κ3) is 4.48. The van der Waals surface area contributed by atoms with E-state index < -0.39 is 5.97 Å². The fraction of sp³-hybridized carbons (Fsp3) is 0.435. The fourth-order valence-electron chi connectivity index (χ4n) is 4.29. The molecule has 2 fully saturated rings. The van der Waals surface area contributed by atoms with Crippen LogP contribution in [0.5, 0.6) is 0 Å². The van der Waals surface area contributed by atoms with E-state index in [0.717, 1.165) is 29.9 Å². The molecule has 1 amide bonds. The Labute approximate surface area is 195 Å². The lowest BCUT2D eigenvalue weighted by Gasteiger charge is -2.34. The molecule has 9 nitrogen and oxygen atoms in total. The summed E-state index contributed by atoms with van der Waals surface area (Å²) in [6.07, 6.45) is 1.10. The maximum absolute atomic E-state index is 12.7. The summed E-state index contributed by atoms with van der Waals surface area (Å²) in [6.45, 7) is 4.61. The first-order valence-electron chi connectivity index (χ1n) is 11.0. The summed E-state index contributed by atoms with van der Waals surface area (Å²) in [5.74, 6) is 0.931. The quantitative estimate of drug-likeness (QED) is 0.527. The Morgan fingerprint density at radius 3 is 2.58 bits per heavy atom. The van der Waals surface area contributed by atoms with E-state index in [4.69, 9.17) is 25.7 Å². The van der Waals surface area contributed by atoms with E-state index in [2.05, 4.69) is 9.47 Å². The van der Waals surface area contributed by atoms with Gasteiger partial charge in [0.05, 0.1) is 41.7 Å². The van der Waals surface area contributed by atoms with Crippen molar-refractivity contribution in [2.24, 2.45) is 0 Å². The minimum atomic E-state index is -0.957. The Bertz CT molecular complexity index is 1180. The molecule has 2 saturated heterocycles. The number of furan rings is 1. The summed E-state index contributed by atoms with van der Waals surface area (Å²) in [5.41, 5.74) is 1.82. The smallest absolute Gasteiger partial charge is 0.335 e. The number of hydrogen-bond donors (Lipinski definition) is 1. The van der Waals surface area contributed by atoms with Crippen LogP contribution in [0, 0.1) is 0 Å². The van der Waals surface area contributed by atoms with Crippen molar-refractivity contribution in [1.29, 1.82) is 0 Å². The van der Waals surface area contributed by atoms with Gasteiger partial charge >= 0.3 is 5.97 Å². The van der Waals surface area contributed by atoms with Crippen LogP contribution in [0.3, 0.4) is 0 Å². The molecule has 2 aliphatic heterocycles. The first-order chi connectivity index (χ1) is 16.0. The molecular weight excluding hydrogens is 448 g/mol. The molecule has 0 radical (unpaired) electrons. The molecule has 0 spiro atoms. The molecular formula is C23H25ClN4O5. The number of rotatable bonds is 7. The average Bonchev–Trinajstić information content (AvgIpc) is 3.40. The second-order valence-corrected chi connectivity index (χ2v) is 8.66. The Morgan fingerprint density at radius 2 is 1.94 bits per heavy atom. The van der Waals surface area contributed by atoms with E-state index in [9.17, 15) is 14.7 Å². The molecule has 0 bridgehead atoms. The molecule has 174 valence electrons. The number of piperazine rings is 1. The number of nitrogens with zero attached hydrogens (tertiary/aromatic N) is 4. The van der Waals surface area contributed by atoms with Gasteiger partial charge in [-0.1, -0.05) is 0 Å². The van der Waals surface area contributed by atoms with Crippen molar-refractivity contribution in [3.63, 3.8) is 0 Å². The number of ether oxygens (including phenoxy) is 1. The SMILES string of the molecule is O=C(O)c1ccc2nc(CN3CCN(C(=O)c4ccc(CCl)o4)CC3)n(CC3CCO3)c2c1. The number of carbonyl (C=O) groups excluding carboxylic acids is 1. The van der Waals surface area contributed by atoms with Gasteiger partial charge in [-0.15, -0.1) is 11.6 Å². The number of carboxylic acids is 1. The van der Waals surface area contributed by atoms with Gasteiger partial charge in [0.1, 0.15) is 11.6 Å². The number of carboxylic acid groups (broad SMARTS) is 1. The number of benzene rings is 1. The minimum Gasteiger partial charge on any atom is -0.478 e. The summed E-state index contributed by atoms with van der Waals surface area (Å²) < 4.78 is 13.2. The maximum atomic E-state index is 12.7. The molecule has 2 aromatic heterocycles. The van der Waals surface area contributed by atoms with Gasteiger partial charge < -0.3 is 23.7 Å². The zero-order valence-corrected chi connectivity index (χ0v) is 18.8. The van der Waals surface area contributed by atoms with Crippen molar-refractivity contribution in [1.82, 2.24) is 19.4 Å². The van der Waals surface area contributed by atoms with Crippen molar-refractivity contribution in [2.45, 2.75) is 31.5 Å². The predicted octanol–water partition coefficient (Wildman–Crippen LogP) is 2.81. The van der Waals surface area contributed by atoms with Gasteiger partial charge in [-0.3, -0.25) is 9.69 Å². The average molecular weight is 473 g/mol. The number of hydrogen-bond acceptors (Lipinski definition) is 6. The normalized spacial score (nSPS) is 19.1. The highest BCUT2D eigenvalue weighted by Crippen LogP contribution is 2.24. The highest BCUT2D eigenvalue weighted by Gasteiger charge is 2.27. The Balaban J connectivity index is 1.30. The first kappa shape index (κ1) is 21.9. The second kappa shape index (κ2) is 9.17. The lowest BCUT2D eigenvalue weighted by molar-refractivity contribution is -0.0592. The molecule has 1 atom stereocenters. The number of alkyl halides is 1. The largest absolute Gasteiger partial charge is 0.478 e. The van der Waals surface area contributed by atoms with E-state index >= 15 is 0 Å². The number of amides is 1. The number of aromatic carboxylic acids is 1. The number of carbonyl (C=O) groups is 2. The summed E-state index contributed by atoms with van der Waals surface area (Å²) in [4.78, 5) is 33.0. The van der Waals surface area contributed by atoms with Crippen molar-refractivity contribution in [2.75, 3.05) is 32.8 Å². The van der Waals surface area contributed by atoms with Crippen LogP contribution >= 0.6 is 11.6 Å². The summed E-state index contributed by atoms with van der Waals surface area (Å²) >= 11 is 5.77. The number of halogens is 1. The highest BCUT2D eigenvalue weighted by atomic mass is 35.5. The van der Waals surface area contributed by atoms with E-state index in [1.165, 1.54) is 0 Å². The Morgan fingerprint density at radius 1 is 1.15 bits per heavy atom. The van der Waals surface area contributed by atoms with Gasteiger partial charge in [0.2, 0.25) is 0 Å². The number of fused-ring (bicyclic) bond motifs is 1. The molecule has 33 heavy (non-hydrogen) atoms.